The van der Waals surface area contributed by atoms with Crippen LogP contribution in [0.15, 0.2) is 62.9 Å². The van der Waals surface area contributed by atoms with Crippen molar-refractivity contribution in [2.24, 2.45) is 5.10 Å². The molecule has 0 saturated heterocycles. The van der Waals surface area contributed by atoms with Crippen LogP contribution in [-0.2, 0) is 0 Å². The van der Waals surface area contributed by atoms with Gasteiger partial charge in [-0.25, -0.2) is 10.4 Å². The van der Waals surface area contributed by atoms with Gasteiger partial charge in [-0.2, -0.15) is 10.4 Å². The van der Waals surface area contributed by atoms with Gasteiger partial charge in [-0.05, 0) is 24.6 Å². The smallest absolute Gasteiger partial charge is 0.270 e. The Morgan fingerprint density at radius 2 is 2.06 bits per heavy atom. The lowest BCUT2D eigenvalue weighted by atomic mass is 10.1. The third-order valence-electron chi connectivity index (χ3n) is 4.43. The zero-order valence-electron chi connectivity index (χ0n) is 17.1. The quantitative estimate of drug-likeness (QED) is 0.252. The lowest BCUT2D eigenvalue weighted by Gasteiger charge is -2.09. The van der Waals surface area contributed by atoms with E-state index in [9.17, 15) is 10.1 Å². The first-order chi connectivity index (χ1) is 15.1. The Hall–Kier alpha value is -3.44. The van der Waals surface area contributed by atoms with E-state index in [1.54, 1.807) is 18.3 Å². The van der Waals surface area contributed by atoms with Crippen molar-refractivity contribution in [1.29, 1.82) is 5.26 Å². The van der Waals surface area contributed by atoms with Crippen LogP contribution >= 0.6 is 15.9 Å². The molecule has 1 heterocycles. The zero-order chi connectivity index (χ0) is 22.1. The average Bonchev–Trinajstić information content (AvgIpc) is 2.78. The van der Waals surface area contributed by atoms with Gasteiger partial charge in [-0.3, -0.25) is 9.78 Å². The summed E-state index contributed by atoms with van der Waals surface area (Å²) in [6, 6.07) is 16.7. The summed E-state index contributed by atoms with van der Waals surface area (Å²) < 4.78 is 6.77. The van der Waals surface area contributed by atoms with Crippen molar-refractivity contribution in [1.82, 2.24) is 9.97 Å². The van der Waals surface area contributed by atoms with E-state index in [0.29, 0.717) is 17.9 Å². The summed E-state index contributed by atoms with van der Waals surface area (Å²) in [5, 5.41) is 13.6. The second-order valence-corrected chi connectivity index (χ2v) is 7.64. The standard InChI is InChI=1S/C23H22BrN5O2/c1-2-3-7-12-31-20-11-10-18(24)13-17(20)15-26-29-23-27-21(16-8-5-4-6-9-16)19(14-25)22(30)28-23/h4-6,8-11,13,15H,2-3,7,12H2,1H3,(H2,27,28,29,30). The van der Waals surface area contributed by atoms with Gasteiger partial charge in [0, 0.05) is 15.6 Å². The average molecular weight is 480 g/mol. The number of ether oxygens (including phenoxy) is 1. The van der Waals surface area contributed by atoms with E-state index in [1.807, 2.05) is 42.5 Å². The number of nitrogens with zero attached hydrogens (tertiary/aromatic N) is 3. The lowest BCUT2D eigenvalue weighted by molar-refractivity contribution is 0.306. The molecule has 3 aromatic rings. The molecular weight excluding hydrogens is 458 g/mol. The van der Waals surface area contributed by atoms with E-state index in [1.165, 1.54) is 0 Å². The number of nitrogens with one attached hydrogen (secondary N) is 2. The molecule has 0 radical (unpaired) electrons. The van der Waals surface area contributed by atoms with E-state index in [4.69, 9.17) is 4.74 Å². The fraction of sp³-hybridized carbons (Fsp3) is 0.217. The number of H-pyrrole nitrogens is 1. The highest BCUT2D eigenvalue weighted by Crippen LogP contribution is 2.23. The maximum atomic E-state index is 12.3. The topological polar surface area (TPSA) is 103 Å². The van der Waals surface area contributed by atoms with Gasteiger partial charge < -0.3 is 4.74 Å². The van der Waals surface area contributed by atoms with Gasteiger partial charge in [-0.15, -0.1) is 0 Å². The van der Waals surface area contributed by atoms with E-state index in [2.05, 4.69) is 43.3 Å². The number of halogens is 1. The van der Waals surface area contributed by atoms with E-state index in [0.717, 1.165) is 35.0 Å². The van der Waals surface area contributed by atoms with Crippen LogP contribution in [0.4, 0.5) is 5.95 Å². The first kappa shape index (κ1) is 22.2. The summed E-state index contributed by atoms with van der Waals surface area (Å²) in [5.74, 6) is 0.857. The highest BCUT2D eigenvalue weighted by molar-refractivity contribution is 9.10. The molecule has 0 saturated carbocycles. The molecule has 0 aliphatic rings. The number of aromatic nitrogens is 2. The number of hydrazone groups is 1. The van der Waals surface area contributed by atoms with Gasteiger partial charge >= 0.3 is 0 Å². The van der Waals surface area contributed by atoms with Crippen molar-refractivity contribution >= 4 is 28.1 Å². The summed E-state index contributed by atoms with van der Waals surface area (Å²) in [6.45, 7) is 2.78. The number of aromatic amines is 1. The molecule has 0 atom stereocenters. The van der Waals surface area contributed by atoms with Crippen molar-refractivity contribution in [2.45, 2.75) is 26.2 Å². The van der Waals surface area contributed by atoms with Crippen LogP contribution in [0, 0.1) is 11.3 Å². The molecule has 3 rings (SSSR count). The van der Waals surface area contributed by atoms with Crippen molar-refractivity contribution in [3.63, 3.8) is 0 Å². The molecule has 2 aromatic carbocycles. The Morgan fingerprint density at radius 3 is 2.81 bits per heavy atom. The number of unbranched alkanes of at least 4 members (excludes halogenated alkanes) is 2. The van der Waals surface area contributed by atoms with E-state index in [-0.39, 0.29) is 11.5 Å². The molecule has 7 nitrogen and oxygen atoms in total. The molecule has 0 aliphatic carbocycles. The van der Waals surface area contributed by atoms with Crippen LogP contribution in [0.25, 0.3) is 11.3 Å². The highest BCUT2D eigenvalue weighted by Gasteiger charge is 2.13. The highest BCUT2D eigenvalue weighted by atomic mass is 79.9. The van der Waals surface area contributed by atoms with Gasteiger partial charge in [-0.1, -0.05) is 66.0 Å². The van der Waals surface area contributed by atoms with Crippen molar-refractivity contribution in [3.8, 4) is 23.1 Å². The monoisotopic (exact) mass is 479 g/mol. The molecule has 0 bridgehead atoms. The van der Waals surface area contributed by atoms with Crippen LogP contribution in [0.5, 0.6) is 5.75 Å². The Morgan fingerprint density at radius 1 is 1.26 bits per heavy atom. The molecule has 158 valence electrons. The normalized spacial score (nSPS) is 10.7. The number of rotatable bonds is 9. The molecule has 0 spiro atoms. The molecule has 8 heteroatoms. The summed E-state index contributed by atoms with van der Waals surface area (Å²) in [6.07, 6.45) is 4.83. The Kier molecular flexibility index (Phi) is 7.96. The SMILES string of the molecule is CCCCCOc1ccc(Br)cc1C=NNc1nc(-c2ccccc2)c(C#N)c(=O)[nH]1. The fourth-order valence-electron chi connectivity index (χ4n) is 2.88. The molecular formula is C23H22BrN5O2. The maximum Gasteiger partial charge on any atom is 0.270 e. The van der Waals surface area contributed by atoms with E-state index >= 15 is 0 Å². The van der Waals surface area contributed by atoms with E-state index < -0.39 is 5.56 Å². The van der Waals surface area contributed by atoms with Gasteiger partial charge in [0.1, 0.15) is 17.4 Å². The van der Waals surface area contributed by atoms with Gasteiger partial charge in [0.2, 0.25) is 5.95 Å². The van der Waals surface area contributed by atoms with Crippen LogP contribution in [-0.4, -0.2) is 22.8 Å². The molecule has 2 N–H and O–H groups in total. The second kappa shape index (κ2) is 11.1. The predicted molar refractivity (Wildman–Crippen MR) is 125 cm³/mol. The molecule has 0 fully saturated rings. The van der Waals surface area contributed by atoms with Crippen molar-refractivity contribution < 1.29 is 4.74 Å². The first-order valence-corrected chi connectivity index (χ1v) is 10.7. The number of benzene rings is 2. The largest absolute Gasteiger partial charge is 0.493 e. The number of hydrogen-bond acceptors (Lipinski definition) is 6. The fourth-order valence-corrected chi connectivity index (χ4v) is 3.26. The minimum Gasteiger partial charge on any atom is -0.493 e. The zero-order valence-corrected chi connectivity index (χ0v) is 18.6. The van der Waals surface area contributed by atoms with Gasteiger partial charge in [0.25, 0.3) is 5.56 Å². The van der Waals surface area contributed by atoms with Crippen molar-refractivity contribution in [2.75, 3.05) is 12.0 Å². The maximum absolute atomic E-state index is 12.3. The predicted octanol–water partition coefficient (Wildman–Crippen LogP) is 5.09. The summed E-state index contributed by atoms with van der Waals surface area (Å²) >= 11 is 3.46. The third-order valence-corrected chi connectivity index (χ3v) is 4.92. The molecule has 1 aromatic heterocycles. The molecule has 0 aliphatic heterocycles. The Labute approximate surface area is 188 Å². The second-order valence-electron chi connectivity index (χ2n) is 6.72. The third kappa shape index (κ3) is 6.03. The number of anilines is 1. The molecule has 0 amide bonds. The van der Waals surface area contributed by atoms with Gasteiger partial charge in [0.15, 0.2) is 0 Å². The van der Waals surface area contributed by atoms with Crippen LogP contribution in [0.1, 0.15) is 37.3 Å². The van der Waals surface area contributed by atoms with Crippen molar-refractivity contribution in [3.05, 3.63) is 74.5 Å². The summed E-state index contributed by atoms with van der Waals surface area (Å²) in [4.78, 5) is 19.2. The minimum atomic E-state index is -0.531. The molecule has 31 heavy (non-hydrogen) atoms. The number of nitriles is 1. The Bertz CT molecular complexity index is 1150. The lowest BCUT2D eigenvalue weighted by Crippen LogP contribution is -2.16. The van der Waals surface area contributed by atoms with Crippen LogP contribution in [0.2, 0.25) is 0 Å². The Balaban J connectivity index is 1.82. The minimum absolute atomic E-state index is 0.0458. The number of hydrogen-bond donors (Lipinski definition) is 2. The first-order valence-electron chi connectivity index (χ1n) is 9.93. The van der Waals surface area contributed by atoms with Crippen LogP contribution in [0.3, 0.4) is 0 Å². The summed E-state index contributed by atoms with van der Waals surface area (Å²) in [5.41, 5.74) is 3.91. The van der Waals surface area contributed by atoms with Crippen LogP contribution < -0.4 is 15.7 Å². The molecule has 0 unspecified atom stereocenters. The van der Waals surface area contributed by atoms with Gasteiger partial charge in [0.05, 0.1) is 18.5 Å². The summed E-state index contributed by atoms with van der Waals surface area (Å²) in [7, 11) is 0.